The smallest absolute Gasteiger partial charge is 0.253 e. The Morgan fingerprint density at radius 1 is 1.09 bits per heavy atom. The number of rotatable bonds is 5. The molecule has 126 valence electrons. The number of hydrogen-bond acceptors (Lipinski definition) is 3. The summed E-state index contributed by atoms with van der Waals surface area (Å²) in [5.74, 6) is 0.314. The number of hydrogen-bond donors (Lipinski definition) is 1. The minimum atomic E-state index is -0.00207. The van der Waals surface area contributed by atoms with Gasteiger partial charge in [0, 0.05) is 43.9 Å². The standard InChI is InChI=1S/C18H26N2O3/c1-3-19(4-2)17(22)15-5-7-16(8-6-15)18(23)20-11-9-14(13-21)10-12-20/h5-8,14,21H,3-4,9-13H2,1-2H3. The summed E-state index contributed by atoms with van der Waals surface area (Å²) in [7, 11) is 0. The van der Waals surface area contributed by atoms with Crippen LogP contribution in [-0.4, -0.2) is 59.5 Å². The molecule has 2 amide bonds. The van der Waals surface area contributed by atoms with Crippen molar-refractivity contribution in [2.24, 2.45) is 5.92 Å². The lowest BCUT2D eigenvalue weighted by molar-refractivity contribution is 0.0650. The van der Waals surface area contributed by atoms with Crippen molar-refractivity contribution in [3.8, 4) is 0 Å². The molecule has 1 saturated heterocycles. The van der Waals surface area contributed by atoms with Crippen molar-refractivity contribution < 1.29 is 14.7 Å². The first-order valence-corrected chi connectivity index (χ1v) is 8.40. The summed E-state index contributed by atoms with van der Waals surface area (Å²) in [6, 6.07) is 6.93. The highest BCUT2D eigenvalue weighted by Crippen LogP contribution is 2.19. The second-order valence-electron chi connectivity index (χ2n) is 5.97. The van der Waals surface area contributed by atoms with E-state index in [-0.39, 0.29) is 18.4 Å². The summed E-state index contributed by atoms with van der Waals surface area (Å²) in [4.78, 5) is 28.3. The van der Waals surface area contributed by atoms with E-state index in [0.29, 0.717) is 43.2 Å². The Labute approximate surface area is 137 Å². The van der Waals surface area contributed by atoms with Gasteiger partial charge in [0.15, 0.2) is 0 Å². The van der Waals surface area contributed by atoms with Gasteiger partial charge >= 0.3 is 0 Å². The third kappa shape index (κ3) is 4.10. The molecule has 0 aliphatic carbocycles. The molecule has 1 aromatic carbocycles. The fourth-order valence-corrected chi connectivity index (χ4v) is 2.95. The first kappa shape index (κ1) is 17.5. The lowest BCUT2D eigenvalue weighted by Crippen LogP contribution is -2.39. The van der Waals surface area contributed by atoms with Crippen LogP contribution in [0.3, 0.4) is 0 Å². The largest absolute Gasteiger partial charge is 0.396 e. The summed E-state index contributed by atoms with van der Waals surface area (Å²) in [5.41, 5.74) is 1.23. The van der Waals surface area contributed by atoms with E-state index >= 15 is 0 Å². The fourth-order valence-electron chi connectivity index (χ4n) is 2.95. The molecular weight excluding hydrogens is 292 g/mol. The van der Waals surface area contributed by atoms with Crippen LogP contribution >= 0.6 is 0 Å². The van der Waals surface area contributed by atoms with Crippen molar-refractivity contribution >= 4 is 11.8 Å². The van der Waals surface area contributed by atoms with Crippen molar-refractivity contribution in [1.82, 2.24) is 9.80 Å². The monoisotopic (exact) mass is 318 g/mol. The minimum absolute atomic E-state index is 0.00207. The van der Waals surface area contributed by atoms with Gasteiger partial charge in [0.05, 0.1) is 0 Å². The Morgan fingerprint density at radius 2 is 1.61 bits per heavy atom. The molecule has 0 spiro atoms. The van der Waals surface area contributed by atoms with E-state index in [9.17, 15) is 9.59 Å². The van der Waals surface area contributed by atoms with Crippen molar-refractivity contribution in [3.63, 3.8) is 0 Å². The predicted molar refractivity (Wildman–Crippen MR) is 89.4 cm³/mol. The van der Waals surface area contributed by atoms with Crippen LogP contribution in [0.4, 0.5) is 0 Å². The molecule has 5 nitrogen and oxygen atoms in total. The third-order valence-corrected chi connectivity index (χ3v) is 4.59. The van der Waals surface area contributed by atoms with Crippen molar-refractivity contribution in [2.45, 2.75) is 26.7 Å². The number of aliphatic hydroxyl groups excluding tert-OH is 1. The third-order valence-electron chi connectivity index (χ3n) is 4.59. The van der Waals surface area contributed by atoms with Gasteiger partial charge in [-0.3, -0.25) is 9.59 Å². The van der Waals surface area contributed by atoms with Gasteiger partial charge in [0.25, 0.3) is 11.8 Å². The fraction of sp³-hybridized carbons (Fsp3) is 0.556. The number of amides is 2. The van der Waals surface area contributed by atoms with Crippen molar-refractivity contribution in [3.05, 3.63) is 35.4 Å². The van der Waals surface area contributed by atoms with Gasteiger partial charge in [0.2, 0.25) is 0 Å². The zero-order chi connectivity index (χ0) is 16.8. The number of nitrogens with zero attached hydrogens (tertiary/aromatic N) is 2. The normalized spacial score (nSPS) is 15.5. The van der Waals surface area contributed by atoms with Gasteiger partial charge in [-0.25, -0.2) is 0 Å². The zero-order valence-corrected chi connectivity index (χ0v) is 14.0. The zero-order valence-electron chi connectivity index (χ0n) is 14.0. The summed E-state index contributed by atoms with van der Waals surface area (Å²) < 4.78 is 0. The van der Waals surface area contributed by atoms with E-state index in [1.807, 2.05) is 18.7 Å². The number of aliphatic hydroxyl groups is 1. The Kier molecular flexibility index (Phi) is 6.16. The van der Waals surface area contributed by atoms with Crippen molar-refractivity contribution in [2.75, 3.05) is 32.8 Å². The highest BCUT2D eigenvalue weighted by molar-refractivity contribution is 5.97. The molecule has 0 aromatic heterocycles. The van der Waals surface area contributed by atoms with Gasteiger partial charge in [0.1, 0.15) is 0 Å². The van der Waals surface area contributed by atoms with Gasteiger partial charge in [-0.15, -0.1) is 0 Å². The maximum atomic E-state index is 12.5. The van der Waals surface area contributed by atoms with E-state index in [2.05, 4.69) is 0 Å². The van der Waals surface area contributed by atoms with Gasteiger partial charge in [-0.2, -0.15) is 0 Å². The lowest BCUT2D eigenvalue weighted by atomic mass is 9.97. The second-order valence-corrected chi connectivity index (χ2v) is 5.97. The molecule has 1 aliphatic rings. The molecule has 0 unspecified atom stereocenters. The molecule has 0 saturated carbocycles. The molecule has 0 radical (unpaired) electrons. The van der Waals surface area contributed by atoms with Crippen LogP contribution in [-0.2, 0) is 0 Å². The molecule has 0 atom stereocenters. The van der Waals surface area contributed by atoms with Crippen LogP contribution in [0.1, 0.15) is 47.4 Å². The second kappa shape index (κ2) is 8.11. The van der Waals surface area contributed by atoms with E-state index in [1.165, 1.54) is 0 Å². The topological polar surface area (TPSA) is 60.9 Å². The molecule has 1 heterocycles. The maximum absolute atomic E-state index is 12.5. The summed E-state index contributed by atoms with van der Waals surface area (Å²) in [6.07, 6.45) is 1.70. The minimum Gasteiger partial charge on any atom is -0.396 e. The van der Waals surface area contributed by atoms with Crippen LogP contribution in [0, 0.1) is 5.92 Å². The average Bonchev–Trinajstić information content (AvgIpc) is 2.62. The molecule has 2 rings (SSSR count). The lowest BCUT2D eigenvalue weighted by Gasteiger charge is -2.31. The molecule has 5 heteroatoms. The number of benzene rings is 1. The molecule has 1 N–H and O–H groups in total. The number of likely N-dealkylation sites (tertiary alicyclic amines) is 1. The van der Waals surface area contributed by atoms with Gasteiger partial charge < -0.3 is 14.9 Å². The predicted octanol–water partition coefficient (Wildman–Crippen LogP) is 2.01. The number of piperidine rings is 1. The molecule has 0 bridgehead atoms. The Bertz CT molecular complexity index is 530. The van der Waals surface area contributed by atoms with Crippen molar-refractivity contribution in [1.29, 1.82) is 0 Å². The van der Waals surface area contributed by atoms with Crippen LogP contribution < -0.4 is 0 Å². The molecule has 1 aromatic rings. The molecule has 23 heavy (non-hydrogen) atoms. The highest BCUT2D eigenvalue weighted by Gasteiger charge is 2.23. The number of carbonyl (C=O) groups is 2. The maximum Gasteiger partial charge on any atom is 0.253 e. The van der Waals surface area contributed by atoms with Gasteiger partial charge in [-0.1, -0.05) is 0 Å². The van der Waals surface area contributed by atoms with Crippen LogP contribution in [0.25, 0.3) is 0 Å². The van der Waals surface area contributed by atoms with E-state index in [4.69, 9.17) is 5.11 Å². The molecular formula is C18H26N2O3. The van der Waals surface area contributed by atoms with Gasteiger partial charge in [-0.05, 0) is 56.9 Å². The Morgan fingerprint density at radius 3 is 2.09 bits per heavy atom. The highest BCUT2D eigenvalue weighted by atomic mass is 16.3. The summed E-state index contributed by atoms with van der Waals surface area (Å²) in [6.45, 7) is 6.83. The Hall–Kier alpha value is -1.88. The van der Waals surface area contributed by atoms with Crippen LogP contribution in [0.5, 0.6) is 0 Å². The number of carbonyl (C=O) groups excluding carboxylic acids is 2. The summed E-state index contributed by atoms with van der Waals surface area (Å²) >= 11 is 0. The first-order chi connectivity index (χ1) is 11.1. The van der Waals surface area contributed by atoms with Crippen LogP contribution in [0.2, 0.25) is 0 Å². The summed E-state index contributed by atoms with van der Waals surface area (Å²) in [5, 5.41) is 9.16. The average molecular weight is 318 g/mol. The van der Waals surface area contributed by atoms with Crippen LogP contribution in [0.15, 0.2) is 24.3 Å². The quantitative estimate of drug-likeness (QED) is 0.903. The molecule has 1 aliphatic heterocycles. The Balaban J connectivity index is 2.02. The van der Waals surface area contributed by atoms with E-state index in [0.717, 1.165) is 12.8 Å². The van der Waals surface area contributed by atoms with E-state index in [1.54, 1.807) is 29.2 Å². The molecule has 1 fully saturated rings. The SMILES string of the molecule is CCN(CC)C(=O)c1ccc(C(=O)N2CCC(CO)CC2)cc1. The van der Waals surface area contributed by atoms with E-state index < -0.39 is 0 Å². The first-order valence-electron chi connectivity index (χ1n) is 8.40.